The highest BCUT2D eigenvalue weighted by Gasteiger charge is 2.28. The lowest BCUT2D eigenvalue weighted by Crippen LogP contribution is -2.45. The molecule has 1 unspecified atom stereocenters. The molecule has 0 amide bonds. The Balaban J connectivity index is 1.23. The normalized spacial score (nSPS) is 20.3. The Bertz CT molecular complexity index is 1090. The van der Waals surface area contributed by atoms with E-state index in [1.165, 1.54) is 5.56 Å². The van der Waals surface area contributed by atoms with Gasteiger partial charge in [-0.2, -0.15) is 0 Å². The van der Waals surface area contributed by atoms with Gasteiger partial charge in [-0.3, -0.25) is 9.47 Å². The molecule has 3 heterocycles. The van der Waals surface area contributed by atoms with Gasteiger partial charge >= 0.3 is 5.69 Å². The van der Waals surface area contributed by atoms with Crippen LogP contribution in [0.5, 0.6) is 11.5 Å². The lowest BCUT2D eigenvalue weighted by atomic mass is 10.0. The van der Waals surface area contributed by atoms with Crippen molar-refractivity contribution in [1.82, 2.24) is 14.5 Å². The Kier molecular flexibility index (Phi) is 4.59. The van der Waals surface area contributed by atoms with E-state index in [1.807, 2.05) is 29.7 Å². The van der Waals surface area contributed by atoms with Crippen LogP contribution in [0.2, 0.25) is 0 Å². The molecule has 152 valence electrons. The molecule has 1 atom stereocenters. The maximum Gasteiger partial charge on any atom is 0.326 e. The zero-order valence-electron chi connectivity index (χ0n) is 17.0. The van der Waals surface area contributed by atoms with E-state index < -0.39 is 0 Å². The minimum absolute atomic E-state index is 0.0000331. The van der Waals surface area contributed by atoms with E-state index in [9.17, 15) is 4.79 Å². The third kappa shape index (κ3) is 3.53. The van der Waals surface area contributed by atoms with Gasteiger partial charge in [0.25, 0.3) is 0 Å². The number of ether oxygens (including phenoxy) is 2. The Hall–Kier alpha value is -2.73. The summed E-state index contributed by atoms with van der Waals surface area (Å²) in [6.07, 6.45) is 1.97. The highest BCUT2D eigenvalue weighted by molar-refractivity contribution is 5.76. The van der Waals surface area contributed by atoms with Gasteiger partial charge < -0.3 is 14.5 Å². The van der Waals surface area contributed by atoms with E-state index in [2.05, 4.69) is 35.0 Å². The van der Waals surface area contributed by atoms with Gasteiger partial charge in [0.15, 0.2) is 11.5 Å². The zero-order chi connectivity index (χ0) is 20.0. The minimum Gasteiger partial charge on any atom is -0.486 e. The third-order valence-corrected chi connectivity index (χ3v) is 6.07. The number of nitrogens with one attached hydrogen (secondary N) is 1. The van der Waals surface area contributed by atoms with Gasteiger partial charge in [0.05, 0.1) is 11.0 Å². The Morgan fingerprint density at radius 1 is 1.03 bits per heavy atom. The van der Waals surface area contributed by atoms with E-state index in [4.69, 9.17) is 9.47 Å². The fourth-order valence-electron chi connectivity index (χ4n) is 4.57. The van der Waals surface area contributed by atoms with Crippen molar-refractivity contribution in [1.29, 1.82) is 0 Å². The number of benzene rings is 2. The van der Waals surface area contributed by atoms with E-state index in [-0.39, 0.29) is 17.8 Å². The van der Waals surface area contributed by atoms with E-state index in [1.54, 1.807) is 0 Å². The fourth-order valence-corrected chi connectivity index (χ4v) is 4.57. The molecular formula is C23H27N3O3. The summed E-state index contributed by atoms with van der Waals surface area (Å²) in [4.78, 5) is 18.0. The first-order chi connectivity index (χ1) is 14.1. The average Bonchev–Trinajstić information content (AvgIpc) is 3.03. The van der Waals surface area contributed by atoms with Gasteiger partial charge in [-0.05, 0) is 62.1 Å². The summed E-state index contributed by atoms with van der Waals surface area (Å²) in [7, 11) is 0. The van der Waals surface area contributed by atoms with Gasteiger partial charge in [-0.15, -0.1) is 0 Å². The molecule has 0 saturated carbocycles. The Morgan fingerprint density at radius 3 is 2.62 bits per heavy atom. The van der Waals surface area contributed by atoms with Crippen LogP contribution in [-0.4, -0.2) is 46.8 Å². The van der Waals surface area contributed by atoms with Crippen molar-refractivity contribution in [3.8, 4) is 11.5 Å². The summed E-state index contributed by atoms with van der Waals surface area (Å²) in [6, 6.07) is 12.5. The molecule has 2 aliphatic heterocycles. The minimum atomic E-state index is -0.0000331. The topological polar surface area (TPSA) is 59.5 Å². The van der Waals surface area contributed by atoms with Gasteiger partial charge in [-0.25, -0.2) is 4.79 Å². The van der Waals surface area contributed by atoms with Gasteiger partial charge in [0.2, 0.25) is 0 Å². The number of piperidine rings is 1. The number of aromatic amines is 1. The molecule has 1 saturated heterocycles. The average molecular weight is 393 g/mol. The standard InChI is InChI=1S/C23H27N3O3/c1-15-3-5-20-19(11-15)24-23(27)26(20)17-7-9-25(10-8-17)13-18-14-28-22-12-16(2)4-6-21(22)29-18/h3-6,11-12,17-18H,7-10,13-14H2,1-2H3,(H,24,27). The quantitative estimate of drug-likeness (QED) is 0.741. The maximum atomic E-state index is 12.5. The lowest BCUT2D eigenvalue weighted by molar-refractivity contribution is 0.0485. The smallest absolute Gasteiger partial charge is 0.326 e. The third-order valence-electron chi connectivity index (χ3n) is 6.07. The first kappa shape index (κ1) is 18.3. The number of likely N-dealkylation sites (tertiary alicyclic amines) is 1. The van der Waals surface area contributed by atoms with Crippen LogP contribution < -0.4 is 15.2 Å². The number of hydrogen-bond acceptors (Lipinski definition) is 4. The van der Waals surface area contributed by atoms with Crippen molar-refractivity contribution in [2.75, 3.05) is 26.2 Å². The second kappa shape index (κ2) is 7.26. The van der Waals surface area contributed by atoms with Crippen molar-refractivity contribution in [2.24, 2.45) is 0 Å². The summed E-state index contributed by atoms with van der Waals surface area (Å²) in [5.41, 5.74) is 4.27. The van der Waals surface area contributed by atoms with Crippen LogP contribution in [0, 0.1) is 13.8 Å². The molecule has 0 aliphatic carbocycles. The summed E-state index contributed by atoms with van der Waals surface area (Å²) >= 11 is 0. The highest BCUT2D eigenvalue weighted by atomic mass is 16.6. The molecule has 0 bridgehead atoms. The largest absolute Gasteiger partial charge is 0.486 e. The fraction of sp³-hybridized carbons (Fsp3) is 0.435. The summed E-state index contributed by atoms with van der Waals surface area (Å²) in [6.45, 7) is 7.44. The predicted molar refractivity (Wildman–Crippen MR) is 113 cm³/mol. The number of fused-ring (bicyclic) bond motifs is 2. The molecule has 0 spiro atoms. The van der Waals surface area contributed by atoms with Crippen molar-refractivity contribution in [2.45, 2.75) is 38.8 Å². The van der Waals surface area contributed by atoms with Crippen LogP contribution in [0.4, 0.5) is 0 Å². The van der Waals surface area contributed by atoms with Crippen molar-refractivity contribution in [3.05, 3.63) is 58.0 Å². The molecule has 0 radical (unpaired) electrons. The predicted octanol–water partition coefficient (Wildman–Crippen LogP) is 3.42. The maximum absolute atomic E-state index is 12.5. The molecule has 5 rings (SSSR count). The Labute approximate surface area is 170 Å². The van der Waals surface area contributed by atoms with Crippen LogP contribution >= 0.6 is 0 Å². The molecule has 2 aromatic carbocycles. The van der Waals surface area contributed by atoms with Crippen molar-refractivity contribution in [3.63, 3.8) is 0 Å². The summed E-state index contributed by atoms with van der Waals surface area (Å²) in [5.74, 6) is 1.68. The first-order valence-electron chi connectivity index (χ1n) is 10.4. The number of rotatable bonds is 3. The Morgan fingerprint density at radius 2 is 1.79 bits per heavy atom. The second-order valence-corrected chi connectivity index (χ2v) is 8.35. The molecule has 29 heavy (non-hydrogen) atoms. The highest BCUT2D eigenvalue weighted by Crippen LogP contribution is 2.33. The first-order valence-corrected chi connectivity index (χ1v) is 10.4. The molecule has 2 aliphatic rings. The molecule has 6 nitrogen and oxygen atoms in total. The van der Waals surface area contributed by atoms with Crippen molar-refractivity contribution >= 4 is 11.0 Å². The molecule has 1 N–H and O–H groups in total. The molecule has 1 fully saturated rings. The summed E-state index contributed by atoms with van der Waals surface area (Å²) in [5, 5.41) is 0. The number of nitrogens with zero attached hydrogens (tertiary/aromatic N) is 2. The summed E-state index contributed by atoms with van der Waals surface area (Å²) < 4.78 is 14.0. The van der Waals surface area contributed by atoms with Crippen LogP contribution in [-0.2, 0) is 0 Å². The molecule has 3 aromatic rings. The van der Waals surface area contributed by atoms with Gasteiger partial charge in [-0.1, -0.05) is 12.1 Å². The lowest BCUT2D eigenvalue weighted by Gasteiger charge is -2.36. The number of H-pyrrole nitrogens is 1. The zero-order valence-corrected chi connectivity index (χ0v) is 17.0. The molecule has 6 heteroatoms. The monoisotopic (exact) mass is 393 g/mol. The van der Waals surface area contributed by atoms with Crippen LogP contribution in [0.3, 0.4) is 0 Å². The van der Waals surface area contributed by atoms with E-state index in [0.717, 1.165) is 60.6 Å². The van der Waals surface area contributed by atoms with Crippen LogP contribution in [0.25, 0.3) is 11.0 Å². The van der Waals surface area contributed by atoms with E-state index in [0.29, 0.717) is 6.61 Å². The SMILES string of the molecule is Cc1ccc2c(c1)OCC(CN1CCC(n3c(=O)[nH]c4cc(C)ccc43)CC1)O2. The molecule has 1 aromatic heterocycles. The van der Waals surface area contributed by atoms with Crippen molar-refractivity contribution < 1.29 is 9.47 Å². The molecular weight excluding hydrogens is 366 g/mol. The van der Waals surface area contributed by atoms with E-state index >= 15 is 0 Å². The van der Waals surface area contributed by atoms with Gasteiger partial charge in [0, 0.05) is 25.7 Å². The number of aromatic nitrogens is 2. The van der Waals surface area contributed by atoms with Crippen LogP contribution in [0.1, 0.15) is 30.0 Å². The second-order valence-electron chi connectivity index (χ2n) is 8.35. The van der Waals surface area contributed by atoms with Gasteiger partial charge in [0.1, 0.15) is 12.7 Å². The number of imidazole rings is 1. The number of aryl methyl sites for hydroxylation is 2. The number of hydrogen-bond donors (Lipinski definition) is 1. The van der Waals surface area contributed by atoms with Crippen LogP contribution in [0.15, 0.2) is 41.2 Å².